The second kappa shape index (κ2) is 8.88. The van der Waals surface area contributed by atoms with Crippen LogP contribution in [0, 0.1) is 6.92 Å². The molecule has 11 heteroatoms. The first-order valence-corrected chi connectivity index (χ1v) is 12.7. The van der Waals surface area contributed by atoms with Gasteiger partial charge in [0.25, 0.3) is 0 Å². The number of sulfonamides is 1. The summed E-state index contributed by atoms with van der Waals surface area (Å²) in [7, 11) is -3.61. The number of fused-ring (bicyclic) bond motifs is 1. The lowest BCUT2D eigenvalue weighted by Crippen LogP contribution is -2.49. The number of nitrogens with one attached hydrogen (secondary N) is 1. The van der Waals surface area contributed by atoms with Crippen molar-refractivity contribution < 1.29 is 17.9 Å². The average Bonchev–Trinajstić information content (AvgIpc) is 2.84. The van der Waals surface area contributed by atoms with Gasteiger partial charge in [0.05, 0.1) is 18.1 Å². The Kier molecular flexibility index (Phi) is 5.94. The molecule has 2 saturated heterocycles. The Morgan fingerprint density at radius 3 is 2.27 bits per heavy atom. The zero-order valence-corrected chi connectivity index (χ0v) is 19.5. The predicted molar refractivity (Wildman–Crippen MR) is 124 cm³/mol. The molecule has 0 bridgehead atoms. The lowest BCUT2D eigenvalue weighted by atomic mass is 10.0. The van der Waals surface area contributed by atoms with E-state index in [0.29, 0.717) is 63.7 Å². The molecule has 2 fully saturated rings. The van der Waals surface area contributed by atoms with Crippen molar-refractivity contribution >= 4 is 33.3 Å². The van der Waals surface area contributed by atoms with Gasteiger partial charge in [-0.2, -0.15) is 4.31 Å². The van der Waals surface area contributed by atoms with E-state index in [0.717, 1.165) is 30.3 Å². The van der Waals surface area contributed by atoms with E-state index in [1.165, 1.54) is 4.31 Å². The van der Waals surface area contributed by atoms with Gasteiger partial charge in [0, 0.05) is 57.4 Å². The second-order valence-electron chi connectivity index (χ2n) is 8.49. The van der Waals surface area contributed by atoms with Crippen LogP contribution >= 0.6 is 0 Å². The van der Waals surface area contributed by atoms with E-state index < -0.39 is 10.0 Å². The highest BCUT2D eigenvalue weighted by Gasteiger charge is 2.30. The molecule has 4 heterocycles. The minimum absolute atomic E-state index is 0.0361. The van der Waals surface area contributed by atoms with Gasteiger partial charge in [-0.3, -0.25) is 4.79 Å². The second-order valence-corrected chi connectivity index (χ2v) is 10.4. The molecule has 0 saturated carbocycles. The minimum Gasteiger partial charge on any atom is -0.378 e. The van der Waals surface area contributed by atoms with Crippen molar-refractivity contribution in [2.75, 3.05) is 67.6 Å². The van der Waals surface area contributed by atoms with Crippen LogP contribution in [0.5, 0.6) is 0 Å². The summed E-state index contributed by atoms with van der Waals surface area (Å²) in [6.07, 6.45) is 0.927. The Balaban J connectivity index is 1.29. The summed E-state index contributed by atoms with van der Waals surface area (Å²) in [5, 5.41) is 2.80. The monoisotopic (exact) mass is 472 g/mol. The van der Waals surface area contributed by atoms with E-state index in [1.54, 1.807) is 18.2 Å². The molecule has 0 unspecified atom stereocenters. The van der Waals surface area contributed by atoms with Crippen molar-refractivity contribution in [3.8, 4) is 0 Å². The fourth-order valence-corrected chi connectivity index (χ4v) is 5.95. The highest BCUT2D eigenvalue weighted by molar-refractivity contribution is 7.89. The molecule has 0 aliphatic carbocycles. The van der Waals surface area contributed by atoms with Crippen LogP contribution in [-0.2, 0) is 26.0 Å². The summed E-state index contributed by atoms with van der Waals surface area (Å²) in [5.41, 5.74) is 1.56. The van der Waals surface area contributed by atoms with Crippen molar-refractivity contribution in [1.82, 2.24) is 14.3 Å². The molecular formula is C22H28N6O4S. The van der Waals surface area contributed by atoms with E-state index >= 15 is 0 Å². The number of ether oxygens (including phenoxy) is 1. The zero-order valence-electron chi connectivity index (χ0n) is 18.7. The largest absolute Gasteiger partial charge is 0.378 e. The maximum absolute atomic E-state index is 13.3. The van der Waals surface area contributed by atoms with E-state index in [-0.39, 0.29) is 10.8 Å². The summed E-state index contributed by atoms with van der Waals surface area (Å²) >= 11 is 0. The Labute approximate surface area is 193 Å². The molecule has 10 nitrogen and oxygen atoms in total. The van der Waals surface area contributed by atoms with Gasteiger partial charge in [-0.25, -0.2) is 18.4 Å². The maximum Gasteiger partial charge on any atom is 0.243 e. The highest BCUT2D eigenvalue weighted by Crippen LogP contribution is 2.28. The van der Waals surface area contributed by atoms with E-state index in [2.05, 4.69) is 25.1 Å². The van der Waals surface area contributed by atoms with Gasteiger partial charge in [-0.1, -0.05) is 0 Å². The molecule has 3 aliphatic rings. The predicted octanol–water partition coefficient (Wildman–Crippen LogP) is 1.02. The standard InChI is InChI=1S/C22H28N6O4S/c1-16-23-20(15-21(24-16)27-10-12-32-13-11-27)26-6-8-28(9-7-26)33(30,31)18-3-4-19-17(14-18)2-5-22(29)25-19/h3-4,14-15H,2,5-13H2,1H3,(H,25,29). The number of hydrogen-bond acceptors (Lipinski definition) is 8. The Morgan fingerprint density at radius 2 is 1.58 bits per heavy atom. The highest BCUT2D eigenvalue weighted by atomic mass is 32.2. The van der Waals surface area contributed by atoms with E-state index in [9.17, 15) is 13.2 Å². The first-order chi connectivity index (χ1) is 15.9. The molecule has 33 heavy (non-hydrogen) atoms. The molecule has 1 N–H and O–H groups in total. The van der Waals surface area contributed by atoms with Gasteiger partial charge in [0.1, 0.15) is 17.5 Å². The summed E-state index contributed by atoms with van der Waals surface area (Å²) in [4.78, 5) is 25.4. The van der Waals surface area contributed by atoms with Crippen LogP contribution in [0.25, 0.3) is 0 Å². The first kappa shape index (κ1) is 22.1. The van der Waals surface area contributed by atoms with Crippen molar-refractivity contribution in [2.45, 2.75) is 24.7 Å². The van der Waals surface area contributed by atoms with Gasteiger partial charge in [-0.05, 0) is 37.1 Å². The molecule has 0 radical (unpaired) electrons. The third-order valence-electron chi connectivity index (χ3n) is 6.32. The van der Waals surface area contributed by atoms with Crippen molar-refractivity contribution in [3.05, 3.63) is 35.7 Å². The number of nitrogens with zero attached hydrogens (tertiary/aromatic N) is 5. The third kappa shape index (κ3) is 4.53. The Hall–Kier alpha value is -2.76. The van der Waals surface area contributed by atoms with E-state index in [4.69, 9.17) is 4.74 Å². The van der Waals surface area contributed by atoms with Gasteiger partial charge in [-0.15, -0.1) is 0 Å². The van der Waals surface area contributed by atoms with Gasteiger partial charge >= 0.3 is 0 Å². The molecular weight excluding hydrogens is 444 g/mol. The summed E-state index contributed by atoms with van der Waals surface area (Å²) in [5.74, 6) is 2.37. The van der Waals surface area contributed by atoms with Gasteiger partial charge in [0.2, 0.25) is 15.9 Å². The average molecular weight is 473 g/mol. The zero-order chi connectivity index (χ0) is 23.0. The van der Waals surface area contributed by atoms with Crippen molar-refractivity contribution in [1.29, 1.82) is 0 Å². The first-order valence-electron chi connectivity index (χ1n) is 11.3. The molecule has 176 valence electrons. The fraction of sp³-hybridized carbons (Fsp3) is 0.500. The quantitative estimate of drug-likeness (QED) is 0.703. The molecule has 3 aliphatic heterocycles. The van der Waals surface area contributed by atoms with Gasteiger partial charge in [0.15, 0.2) is 0 Å². The number of hydrogen-bond donors (Lipinski definition) is 1. The Bertz CT molecular complexity index is 1160. The van der Waals surface area contributed by atoms with Crippen molar-refractivity contribution in [2.24, 2.45) is 0 Å². The van der Waals surface area contributed by atoms with Crippen LogP contribution in [0.1, 0.15) is 17.8 Å². The minimum atomic E-state index is -3.61. The number of rotatable bonds is 4. The maximum atomic E-state index is 13.3. The summed E-state index contributed by atoms with van der Waals surface area (Å²) in [6.45, 7) is 6.72. The molecule has 0 spiro atoms. The van der Waals surface area contributed by atoms with Crippen LogP contribution in [0.4, 0.5) is 17.3 Å². The lowest BCUT2D eigenvalue weighted by molar-refractivity contribution is -0.116. The number of piperazine rings is 1. The third-order valence-corrected chi connectivity index (χ3v) is 8.21. The SMILES string of the molecule is Cc1nc(N2CCOCC2)cc(N2CCN(S(=O)(=O)c3ccc4c(c3)CCC(=O)N4)CC2)n1. The lowest BCUT2D eigenvalue weighted by Gasteiger charge is -2.35. The summed E-state index contributed by atoms with van der Waals surface area (Å²) in [6, 6.07) is 6.94. The number of morpholine rings is 1. The number of aryl methyl sites for hydroxylation is 2. The van der Waals surface area contributed by atoms with Gasteiger partial charge < -0.3 is 19.9 Å². The number of anilines is 3. The number of carbonyl (C=O) groups is 1. The smallest absolute Gasteiger partial charge is 0.243 e. The topological polar surface area (TPSA) is 108 Å². The van der Waals surface area contributed by atoms with Crippen LogP contribution in [-0.4, -0.2) is 81.1 Å². The van der Waals surface area contributed by atoms with Crippen LogP contribution < -0.4 is 15.1 Å². The van der Waals surface area contributed by atoms with Crippen LogP contribution in [0.15, 0.2) is 29.2 Å². The number of benzene rings is 1. The molecule has 0 atom stereocenters. The molecule has 1 amide bonds. The molecule has 1 aromatic heterocycles. The van der Waals surface area contributed by atoms with Crippen LogP contribution in [0.2, 0.25) is 0 Å². The van der Waals surface area contributed by atoms with E-state index in [1.807, 2.05) is 13.0 Å². The molecule has 5 rings (SSSR count). The normalized spacial score (nSPS) is 19.8. The number of carbonyl (C=O) groups excluding carboxylic acids is 1. The van der Waals surface area contributed by atoms with Crippen LogP contribution in [0.3, 0.4) is 0 Å². The molecule has 2 aromatic rings. The Morgan fingerprint density at radius 1 is 0.909 bits per heavy atom. The fourth-order valence-electron chi connectivity index (χ4n) is 4.48. The van der Waals surface area contributed by atoms with Crippen molar-refractivity contribution in [3.63, 3.8) is 0 Å². The molecule has 1 aromatic carbocycles. The summed E-state index contributed by atoms with van der Waals surface area (Å²) < 4.78 is 33.5. The number of aromatic nitrogens is 2. The number of amides is 1.